The van der Waals surface area contributed by atoms with Crippen molar-refractivity contribution in [3.8, 4) is 0 Å². The Hall–Kier alpha value is -2.10. The van der Waals surface area contributed by atoms with Gasteiger partial charge >= 0.3 is 5.97 Å². The molecule has 2 aromatic heterocycles. The van der Waals surface area contributed by atoms with Gasteiger partial charge in [0, 0.05) is 13.1 Å². The second-order valence-electron chi connectivity index (χ2n) is 3.91. The molecule has 2 aromatic rings. The largest absolute Gasteiger partial charge is 0.468 e. The highest BCUT2D eigenvalue weighted by atomic mass is 32.2. The van der Waals surface area contributed by atoms with Gasteiger partial charge in [0.2, 0.25) is 11.9 Å². The lowest BCUT2D eigenvalue weighted by Gasteiger charge is -2.09. The molecule has 2 heterocycles. The second-order valence-corrected chi connectivity index (χ2v) is 4.86. The Morgan fingerprint density at radius 3 is 2.67 bits per heavy atom. The van der Waals surface area contributed by atoms with Crippen LogP contribution in [0.15, 0.2) is 5.16 Å². The van der Waals surface area contributed by atoms with Gasteiger partial charge < -0.3 is 15.4 Å². The van der Waals surface area contributed by atoms with Crippen LogP contribution in [0.1, 0.15) is 13.8 Å². The van der Waals surface area contributed by atoms with Gasteiger partial charge in [-0.1, -0.05) is 11.8 Å². The summed E-state index contributed by atoms with van der Waals surface area (Å²) in [5.41, 5.74) is 0. The predicted octanol–water partition coefficient (Wildman–Crippen LogP) is 0.648. The van der Waals surface area contributed by atoms with Crippen LogP contribution in [0.5, 0.6) is 0 Å². The average Bonchev–Trinajstić information content (AvgIpc) is 2.88. The van der Waals surface area contributed by atoms with Gasteiger partial charge in [0.1, 0.15) is 0 Å². The van der Waals surface area contributed by atoms with Crippen molar-refractivity contribution in [2.24, 2.45) is 0 Å². The maximum Gasteiger partial charge on any atom is 0.316 e. The third-order valence-corrected chi connectivity index (χ3v) is 3.36. The summed E-state index contributed by atoms with van der Waals surface area (Å²) in [4.78, 5) is 19.9. The molecule has 0 unspecified atom stereocenters. The van der Waals surface area contributed by atoms with Gasteiger partial charge in [-0.25, -0.2) is 4.40 Å². The monoisotopic (exact) mass is 311 g/mol. The van der Waals surface area contributed by atoms with E-state index in [4.69, 9.17) is 0 Å². The highest BCUT2D eigenvalue weighted by Gasteiger charge is 2.15. The van der Waals surface area contributed by atoms with Crippen molar-refractivity contribution in [3.63, 3.8) is 0 Å². The van der Waals surface area contributed by atoms with E-state index in [9.17, 15) is 4.79 Å². The molecular weight excluding hydrogens is 294 g/mol. The molecule has 0 aromatic carbocycles. The molecule has 0 spiro atoms. The van der Waals surface area contributed by atoms with E-state index in [1.165, 1.54) is 18.9 Å². The van der Waals surface area contributed by atoms with Crippen molar-refractivity contribution in [2.75, 3.05) is 36.6 Å². The summed E-state index contributed by atoms with van der Waals surface area (Å²) in [6.07, 6.45) is 0. The first-order chi connectivity index (χ1) is 10.2. The number of nitrogens with one attached hydrogen (secondary N) is 2. The maximum absolute atomic E-state index is 11.2. The molecule has 0 aliphatic heterocycles. The summed E-state index contributed by atoms with van der Waals surface area (Å²) in [7, 11) is 1.35. The van der Waals surface area contributed by atoms with Gasteiger partial charge in [-0.05, 0) is 13.8 Å². The first-order valence-electron chi connectivity index (χ1n) is 6.50. The number of aromatic nitrogens is 5. The van der Waals surface area contributed by atoms with E-state index in [1.54, 1.807) is 4.40 Å². The molecule has 0 radical (unpaired) electrons. The lowest BCUT2D eigenvalue weighted by Crippen LogP contribution is -2.12. The van der Waals surface area contributed by atoms with Gasteiger partial charge in [-0.15, -0.1) is 10.2 Å². The van der Waals surface area contributed by atoms with Gasteiger partial charge in [0.15, 0.2) is 5.16 Å². The van der Waals surface area contributed by atoms with Gasteiger partial charge in [-0.2, -0.15) is 9.97 Å². The van der Waals surface area contributed by atoms with Gasteiger partial charge in [0.05, 0.1) is 12.9 Å². The number of rotatable bonds is 7. The number of hydrogen-bond donors (Lipinski definition) is 2. The topological polar surface area (TPSA) is 106 Å². The van der Waals surface area contributed by atoms with Gasteiger partial charge in [0.25, 0.3) is 5.78 Å². The highest BCUT2D eigenvalue weighted by molar-refractivity contribution is 7.99. The number of carbonyl (C=O) groups excluding carboxylic acids is 1. The predicted molar refractivity (Wildman–Crippen MR) is 79.6 cm³/mol. The number of thioether (sulfide) groups is 1. The molecule has 0 amide bonds. The average molecular weight is 311 g/mol. The normalized spacial score (nSPS) is 10.6. The van der Waals surface area contributed by atoms with Crippen LogP contribution in [0.3, 0.4) is 0 Å². The third-order valence-electron chi connectivity index (χ3n) is 2.46. The molecule has 2 rings (SSSR count). The molecule has 0 bridgehead atoms. The van der Waals surface area contributed by atoms with Crippen LogP contribution in [-0.2, 0) is 9.53 Å². The van der Waals surface area contributed by atoms with Crippen LogP contribution in [0.2, 0.25) is 0 Å². The molecule has 0 atom stereocenters. The van der Waals surface area contributed by atoms with Crippen LogP contribution in [-0.4, -0.2) is 56.5 Å². The minimum Gasteiger partial charge on any atom is -0.468 e. The fraction of sp³-hybridized carbons (Fsp3) is 0.545. The van der Waals surface area contributed by atoms with E-state index >= 15 is 0 Å². The number of esters is 1. The SMILES string of the molecule is CCNc1nc(NCC)n2c(SCC(=O)OC)nnc2n1. The van der Waals surface area contributed by atoms with E-state index in [1.807, 2.05) is 13.8 Å². The number of ether oxygens (including phenoxy) is 1. The van der Waals surface area contributed by atoms with Crippen LogP contribution in [0.4, 0.5) is 11.9 Å². The Labute approximate surface area is 125 Å². The minimum absolute atomic E-state index is 0.151. The lowest BCUT2D eigenvalue weighted by molar-refractivity contribution is -0.137. The highest BCUT2D eigenvalue weighted by Crippen LogP contribution is 2.20. The molecule has 9 nitrogen and oxygen atoms in total. The Kier molecular flexibility index (Phi) is 5.14. The number of hydrogen-bond acceptors (Lipinski definition) is 9. The summed E-state index contributed by atoms with van der Waals surface area (Å²) in [5.74, 6) is 1.31. The quantitative estimate of drug-likeness (QED) is 0.563. The molecule has 10 heteroatoms. The summed E-state index contributed by atoms with van der Waals surface area (Å²) in [6.45, 7) is 5.32. The fourth-order valence-corrected chi connectivity index (χ4v) is 2.34. The van der Waals surface area contributed by atoms with E-state index in [0.29, 0.717) is 35.9 Å². The fourth-order valence-electron chi connectivity index (χ4n) is 1.58. The molecule has 0 saturated carbocycles. The molecule has 114 valence electrons. The zero-order valence-corrected chi connectivity index (χ0v) is 12.9. The van der Waals surface area contributed by atoms with Gasteiger partial charge in [-0.3, -0.25) is 4.79 Å². The summed E-state index contributed by atoms with van der Waals surface area (Å²) in [6, 6.07) is 0. The molecule has 0 fully saturated rings. The molecule has 2 N–H and O–H groups in total. The molecular formula is C11H17N7O2S. The number of fused-ring (bicyclic) bond motifs is 1. The van der Waals surface area contributed by atoms with E-state index < -0.39 is 0 Å². The maximum atomic E-state index is 11.2. The smallest absolute Gasteiger partial charge is 0.316 e. The first-order valence-corrected chi connectivity index (χ1v) is 7.48. The number of methoxy groups -OCH3 is 1. The van der Waals surface area contributed by atoms with Crippen LogP contribution in [0.25, 0.3) is 5.78 Å². The zero-order valence-electron chi connectivity index (χ0n) is 12.1. The van der Waals surface area contributed by atoms with Crippen molar-refractivity contribution in [3.05, 3.63) is 0 Å². The lowest BCUT2D eigenvalue weighted by atomic mass is 10.7. The van der Waals surface area contributed by atoms with Crippen LogP contribution < -0.4 is 10.6 Å². The van der Waals surface area contributed by atoms with Crippen molar-refractivity contribution >= 4 is 35.4 Å². The summed E-state index contributed by atoms with van der Waals surface area (Å²) in [5, 5.41) is 14.8. The summed E-state index contributed by atoms with van der Waals surface area (Å²) < 4.78 is 6.29. The number of nitrogens with zero attached hydrogens (tertiary/aromatic N) is 5. The molecule has 0 aliphatic carbocycles. The Morgan fingerprint density at radius 2 is 2.00 bits per heavy atom. The minimum atomic E-state index is -0.327. The van der Waals surface area contributed by atoms with Crippen LogP contribution >= 0.6 is 11.8 Å². The summed E-state index contributed by atoms with van der Waals surface area (Å²) >= 11 is 1.22. The standard InChI is InChI=1S/C11H17N7O2S/c1-4-12-8-14-9(13-5-2)18-10(15-8)16-17-11(18)21-6-7(19)20-3/h4-6H2,1-3H3,(H2,12,13,14,15,16). The zero-order chi connectivity index (χ0) is 15.2. The van der Waals surface area contributed by atoms with E-state index in [-0.39, 0.29) is 11.7 Å². The van der Waals surface area contributed by atoms with Crippen molar-refractivity contribution < 1.29 is 9.53 Å². The third kappa shape index (κ3) is 3.51. The molecule has 21 heavy (non-hydrogen) atoms. The van der Waals surface area contributed by atoms with Crippen molar-refractivity contribution in [1.82, 2.24) is 24.6 Å². The van der Waals surface area contributed by atoms with E-state index in [2.05, 4.69) is 35.5 Å². The molecule has 0 aliphatic rings. The second kappa shape index (κ2) is 7.07. The first kappa shape index (κ1) is 15.3. The number of anilines is 2. The van der Waals surface area contributed by atoms with E-state index in [0.717, 1.165) is 0 Å². The van der Waals surface area contributed by atoms with Crippen molar-refractivity contribution in [1.29, 1.82) is 0 Å². The van der Waals surface area contributed by atoms with Crippen LogP contribution in [0, 0.1) is 0 Å². The Bertz CT molecular complexity index is 630. The number of carbonyl (C=O) groups is 1. The van der Waals surface area contributed by atoms with Crippen molar-refractivity contribution in [2.45, 2.75) is 19.0 Å². The Morgan fingerprint density at radius 1 is 1.24 bits per heavy atom. The Balaban J connectivity index is 2.36. The molecule has 0 saturated heterocycles.